The molecule has 1 heterocycles. The predicted octanol–water partition coefficient (Wildman–Crippen LogP) is 5.79. The number of unbranched alkanes of at least 4 members (excludes halogenated alkanes) is 2. The summed E-state index contributed by atoms with van der Waals surface area (Å²) >= 11 is 1.69. The van der Waals surface area contributed by atoms with Crippen molar-refractivity contribution >= 4 is 33.1 Å². The Bertz CT molecular complexity index is 821. The molecule has 3 rings (SSSR count). The Hall–Kier alpha value is -2.20. The van der Waals surface area contributed by atoms with E-state index in [1.165, 1.54) is 4.70 Å². The monoisotopic (exact) mass is 338 g/mol. The van der Waals surface area contributed by atoms with Crippen molar-refractivity contribution in [2.24, 2.45) is 0 Å². The van der Waals surface area contributed by atoms with Gasteiger partial charge in [0.15, 0.2) is 0 Å². The minimum atomic E-state index is 0.0966. The highest BCUT2D eigenvalue weighted by molar-refractivity contribution is 7.21. The van der Waals surface area contributed by atoms with E-state index >= 15 is 0 Å². The van der Waals surface area contributed by atoms with Crippen LogP contribution in [0.4, 0.5) is 5.69 Å². The Morgan fingerprint density at radius 2 is 2.00 bits per heavy atom. The molecule has 3 nitrogen and oxygen atoms in total. The number of benzene rings is 2. The van der Waals surface area contributed by atoms with Crippen LogP contribution in [-0.2, 0) is 4.79 Å². The predicted molar refractivity (Wildman–Crippen MR) is 103 cm³/mol. The number of aryl methyl sites for hydroxylation is 1. The summed E-state index contributed by atoms with van der Waals surface area (Å²) in [6.45, 7) is 4.17. The fourth-order valence-corrected chi connectivity index (χ4v) is 3.64. The van der Waals surface area contributed by atoms with Gasteiger partial charge < -0.3 is 5.32 Å². The normalized spacial score (nSPS) is 10.9. The van der Waals surface area contributed by atoms with Crippen molar-refractivity contribution in [1.29, 1.82) is 0 Å². The molecule has 24 heavy (non-hydrogen) atoms. The van der Waals surface area contributed by atoms with Gasteiger partial charge in [0.2, 0.25) is 5.91 Å². The number of aromatic nitrogens is 1. The summed E-state index contributed by atoms with van der Waals surface area (Å²) in [7, 11) is 0. The molecule has 0 saturated heterocycles. The molecule has 4 heteroatoms. The quantitative estimate of drug-likeness (QED) is 0.578. The lowest BCUT2D eigenvalue weighted by molar-refractivity contribution is -0.116. The molecule has 1 N–H and O–H groups in total. The van der Waals surface area contributed by atoms with E-state index in [9.17, 15) is 4.79 Å². The minimum absolute atomic E-state index is 0.0966. The summed E-state index contributed by atoms with van der Waals surface area (Å²) in [4.78, 5) is 16.7. The Morgan fingerprint density at radius 1 is 1.17 bits per heavy atom. The number of amides is 1. The van der Waals surface area contributed by atoms with Crippen LogP contribution in [0, 0.1) is 6.92 Å². The van der Waals surface area contributed by atoms with Crippen molar-refractivity contribution in [3.8, 4) is 10.6 Å². The third-order valence-electron chi connectivity index (χ3n) is 4.05. The van der Waals surface area contributed by atoms with Gasteiger partial charge in [0.25, 0.3) is 0 Å². The van der Waals surface area contributed by atoms with Gasteiger partial charge in [0.1, 0.15) is 5.01 Å². The molecule has 0 unspecified atom stereocenters. The molecule has 2 aromatic carbocycles. The van der Waals surface area contributed by atoms with Crippen LogP contribution in [0.1, 0.15) is 38.2 Å². The number of rotatable bonds is 6. The van der Waals surface area contributed by atoms with E-state index < -0.39 is 0 Å². The number of anilines is 1. The Balaban J connectivity index is 1.75. The van der Waals surface area contributed by atoms with Crippen molar-refractivity contribution in [2.45, 2.75) is 39.5 Å². The molecule has 0 atom stereocenters. The molecule has 0 bridgehead atoms. The molecule has 0 fully saturated rings. The van der Waals surface area contributed by atoms with Gasteiger partial charge in [0.05, 0.1) is 10.2 Å². The first kappa shape index (κ1) is 16.7. The second kappa shape index (κ2) is 7.58. The molecule has 0 aliphatic carbocycles. The van der Waals surface area contributed by atoms with Crippen LogP contribution in [-0.4, -0.2) is 10.9 Å². The summed E-state index contributed by atoms with van der Waals surface area (Å²) in [5.74, 6) is 0.0966. The number of carbonyl (C=O) groups is 1. The van der Waals surface area contributed by atoms with E-state index in [0.717, 1.165) is 46.6 Å². The van der Waals surface area contributed by atoms with E-state index in [1.54, 1.807) is 11.3 Å². The van der Waals surface area contributed by atoms with Gasteiger partial charge in [-0.2, -0.15) is 0 Å². The van der Waals surface area contributed by atoms with Crippen LogP contribution in [0.2, 0.25) is 0 Å². The molecule has 1 amide bonds. The van der Waals surface area contributed by atoms with Gasteiger partial charge >= 0.3 is 0 Å². The largest absolute Gasteiger partial charge is 0.326 e. The number of fused-ring (bicyclic) bond motifs is 1. The lowest BCUT2D eigenvalue weighted by atomic mass is 10.1. The van der Waals surface area contributed by atoms with E-state index in [0.29, 0.717) is 6.42 Å². The average Bonchev–Trinajstić information content (AvgIpc) is 3.01. The Morgan fingerprint density at radius 3 is 2.75 bits per heavy atom. The van der Waals surface area contributed by atoms with Gasteiger partial charge in [-0.15, -0.1) is 11.3 Å². The lowest BCUT2D eigenvalue weighted by Gasteiger charge is -2.09. The maximum Gasteiger partial charge on any atom is 0.224 e. The first-order valence-corrected chi connectivity index (χ1v) is 9.25. The number of carbonyl (C=O) groups excluding carboxylic acids is 1. The Kier molecular flexibility index (Phi) is 5.26. The zero-order valence-electron chi connectivity index (χ0n) is 14.1. The highest BCUT2D eigenvalue weighted by atomic mass is 32.1. The SMILES string of the molecule is CCCCCC(=O)Nc1ccc(-c2nc3ccccc3s2)cc1C. The van der Waals surface area contributed by atoms with Crippen LogP contribution >= 0.6 is 11.3 Å². The average molecular weight is 338 g/mol. The highest BCUT2D eigenvalue weighted by Crippen LogP contribution is 2.31. The maximum absolute atomic E-state index is 12.0. The molecule has 0 aliphatic heterocycles. The Labute approximate surface area is 146 Å². The lowest BCUT2D eigenvalue weighted by Crippen LogP contribution is -2.11. The van der Waals surface area contributed by atoms with Crippen molar-refractivity contribution in [3.05, 3.63) is 48.0 Å². The maximum atomic E-state index is 12.0. The molecule has 0 aliphatic rings. The number of hydrogen-bond donors (Lipinski definition) is 1. The number of nitrogens with one attached hydrogen (secondary N) is 1. The van der Waals surface area contributed by atoms with E-state index in [-0.39, 0.29) is 5.91 Å². The fraction of sp³-hybridized carbons (Fsp3) is 0.300. The summed E-state index contributed by atoms with van der Waals surface area (Å²) in [6.07, 6.45) is 3.77. The van der Waals surface area contributed by atoms with Crippen LogP contribution in [0.3, 0.4) is 0 Å². The summed E-state index contributed by atoms with van der Waals surface area (Å²) in [6, 6.07) is 14.3. The zero-order valence-corrected chi connectivity index (χ0v) is 15.0. The van der Waals surface area contributed by atoms with Crippen molar-refractivity contribution in [3.63, 3.8) is 0 Å². The molecule has 0 spiro atoms. The van der Waals surface area contributed by atoms with Gasteiger partial charge in [-0.1, -0.05) is 31.9 Å². The molecule has 124 valence electrons. The van der Waals surface area contributed by atoms with Crippen LogP contribution in [0.25, 0.3) is 20.8 Å². The summed E-state index contributed by atoms with van der Waals surface area (Å²) in [5, 5.41) is 4.03. The molecule has 0 radical (unpaired) electrons. The molecular weight excluding hydrogens is 316 g/mol. The third-order valence-corrected chi connectivity index (χ3v) is 5.13. The number of nitrogens with zero attached hydrogens (tertiary/aromatic N) is 1. The third kappa shape index (κ3) is 3.82. The number of hydrogen-bond acceptors (Lipinski definition) is 3. The van der Waals surface area contributed by atoms with Crippen LogP contribution in [0.5, 0.6) is 0 Å². The minimum Gasteiger partial charge on any atom is -0.326 e. The standard InChI is InChI=1S/C20H22N2OS/c1-3-4-5-10-19(23)21-16-12-11-15(13-14(16)2)20-22-17-8-6-7-9-18(17)24-20/h6-9,11-13H,3-5,10H2,1-2H3,(H,21,23). The van der Waals surface area contributed by atoms with E-state index in [1.807, 2.05) is 37.3 Å². The topological polar surface area (TPSA) is 42.0 Å². The van der Waals surface area contributed by atoms with Crippen molar-refractivity contribution in [1.82, 2.24) is 4.98 Å². The van der Waals surface area contributed by atoms with Gasteiger partial charge in [0, 0.05) is 17.7 Å². The van der Waals surface area contributed by atoms with Crippen LogP contribution in [0.15, 0.2) is 42.5 Å². The van der Waals surface area contributed by atoms with Crippen molar-refractivity contribution < 1.29 is 4.79 Å². The number of thiazole rings is 1. The zero-order chi connectivity index (χ0) is 16.9. The van der Waals surface area contributed by atoms with E-state index in [4.69, 9.17) is 4.98 Å². The smallest absolute Gasteiger partial charge is 0.224 e. The first-order chi connectivity index (χ1) is 11.7. The second-order valence-electron chi connectivity index (χ2n) is 6.02. The van der Waals surface area contributed by atoms with Gasteiger partial charge in [-0.25, -0.2) is 4.98 Å². The summed E-state index contributed by atoms with van der Waals surface area (Å²) < 4.78 is 1.19. The van der Waals surface area contributed by atoms with Gasteiger partial charge in [-0.05, 0) is 49.2 Å². The second-order valence-corrected chi connectivity index (χ2v) is 7.05. The van der Waals surface area contributed by atoms with E-state index in [2.05, 4.69) is 24.4 Å². The number of para-hydroxylation sites is 1. The molecule has 1 aromatic heterocycles. The molecule has 3 aromatic rings. The fourth-order valence-electron chi connectivity index (χ4n) is 2.68. The van der Waals surface area contributed by atoms with Crippen LogP contribution < -0.4 is 5.32 Å². The highest BCUT2D eigenvalue weighted by Gasteiger charge is 2.09. The molecular formula is C20H22N2OS. The van der Waals surface area contributed by atoms with Gasteiger partial charge in [-0.3, -0.25) is 4.79 Å². The van der Waals surface area contributed by atoms with Crippen molar-refractivity contribution in [2.75, 3.05) is 5.32 Å². The summed E-state index contributed by atoms with van der Waals surface area (Å²) in [5.41, 5.74) is 4.08. The molecule has 0 saturated carbocycles. The first-order valence-electron chi connectivity index (χ1n) is 8.44.